The molecule has 3 rings (SSSR count). The number of hydrogen-bond donors (Lipinski definition) is 2. The Bertz CT molecular complexity index is 881. The maximum Gasteiger partial charge on any atom is 0.191 e. The van der Waals surface area contributed by atoms with Crippen molar-refractivity contribution in [1.29, 1.82) is 0 Å². The van der Waals surface area contributed by atoms with Gasteiger partial charge in [-0.3, -0.25) is 4.99 Å². The number of rotatable bonds is 8. The second-order valence-electron chi connectivity index (χ2n) is 6.44. The van der Waals surface area contributed by atoms with Crippen LogP contribution in [0.4, 0.5) is 0 Å². The van der Waals surface area contributed by atoms with Gasteiger partial charge in [0.05, 0.1) is 19.8 Å². The number of halogens is 1. The van der Waals surface area contributed by atoms with E-state index in [9.17, 15) is 0 Å². The third kappa shape index (κ3) is 8.12. The summed E-state index contributed by atoms with van der Waals surface area (Å²) in [5.41, 5.74) is 3.55. The first-order valence-corrected chi connectivity index (χ1v) is 10.1. The number of guanidine groups is 1. The van der Waals surface area contributed by atoms with Crippen LogP contribution in [0.1, 0.15) is 26.6 Å². The average molecular weight is 522 g/mol. The van der Waals surface area contributed by atoms with Crippen molar-refractivity contribution in [3.63, 3.8) is 0 Å². The van der Waals surface area contributed by atoms with Crippen LogP contribution in [0.5, 0.6) is 0 Å². The lowest BCUT2D eigenvalue weighted by Crippen LogP contribution is -2.36. The molecule has 5 nitrogen and oxygen atoms in total. The van der Waals surface area contributed by atoms with Crippen molar-refractivity contribution in [3.05, 3.63) is 87.4 Å². The quantitative estimate of drug-likeness (QED) is 0.257. The molecule has 0 spiro atoms. The highest BCUT2D eigenvalue weighted by molar-refractivity contribution is 14.0. The minimum atomic E-state index is 0. The van der Waals surface area contributed by atoms with E-state index in [0.717, 1.165) is 11.0 Å². The summed E-state index contributed by atoms with van der Waals surface area (Å²) in [6.45, 7) is 4.69. The molecular weight excluding hydrogens is 495 g/mol. The second-order valence-corrected chi connectivity index (χ2v) is 7.76. The monoisotopic (exact) mass is 522 g/mol. The molecule has 0 bridgehead atoms. The van der Waals surface area contributed by atoms with E-state index < -0.39 is 0 Å². The molecule has 154 valence electrons. The highest BCUT2D eigenvalue weighted by Gasteiger charge is 2.02. The maximum absolute atomic E-state index is 5.79. The Morgan fingerprint density at radius 2 is 1.55 bits per heavy atom. The fourth-order valence-corrected chi connectivity index (χ4v) is 3.39. The Morgan fingerprint density at radius 3 is 2.17 bits per heavy atom. The molecule has 2 aromatic carbocycles. The smallest absolute Gasteiger partial charge is 0.191 e. The molecule has 2 N–H and O–H groups in total. The van der Waals surface area contributed by atoms with E-state index in [1.54, 1.807) is 18.4 Å². The number of benzene rings is 2. The third-order valence-corrected chi connectivity index (χ3v) is 5.08. The Balaban J connectivity index is 0.00000300. The zero-order chi connectivity index (χ0) is 19.6. The number of aliphatic imine (C=N–C) groups is 1. The predicted molar refractivity (Wildman–Crippen MR) is 131 cm³/mol. The van der Waals surface area contributed by atoms with Crippen LogP contribution in [0.2, 0.25) is 0 Å². The molecule has 0 fully saturated rings. The minimum Gasteiger partial charge on any atom is -0.372 e. The average Bonchev–Trinajstić information content (AvgIpc) is 3.15. The lowest BCUT2D eigenvalue weighted by atomic mass is 10.1. The largest absolute Gasteiger partial charge is 0.372 e. The van der Waals surface area contributed by atoms with Gasteiger partial charge in [0, 0.05) is 24.7 Å². The van der Waals surface area contributed by atoms with E-state index in [0.29, 0.717) is 26.3 Å². The van der Waals surface area contributed by atoms with Crippen molar-refractivity contribution >= 4 is 41.3 Å². The molecule has 1 aromatic heterocycles. The molecule has 0 atom stereocenters. The molecule has 7 heteroatoms. The van der Waals surface area contributed by atoms with E-state index in [-0.39, 0.29) is 24.0 Å². The molecule has 1 heterocycles. The highest BCUT2D eigenvalue weighted by Crippen LogP contribution is 2.10. The molecular formula is C22H27IN4OS. The van der Waals surface area contributed by atoms with Gasteiger partial charge in [0.15, 0.2) is 5.96 Å². The van der Waals surface area contributed by atoms with Crippen LogP contribution >= 0.6 is 35.3 Å². The summed E-state index contributed by atoms with van der Waals surface area (Å²) >= 11 is 1.69. The van der Waals surface area contributed by atoms with E-state index in [1.807, 2.05) is 24.4 Å². The molecule has 0 aliphatic carbocycles. The van der Waals surface area contributed by atoms with Crippen LogP contribution in [0.15, 0.2) is 65.8 Å². The Labute approximate surface area is 193 Å². The zero-order valence-electron chi connectivity index (χ0n) is 16.7. The fourth-order valence-electron chi connectivity index (χ4n) is 2.66. The topological polar surface area (TPSA) is 58.5 Å². The lowest BCUT2D eigenvalue weighted by Gasteiger charge is -2.11. The fraction of sp³-hybridized carbons (Fsp3) is 0.273. The lowest BCUT2D eigenvalue weighted by molar-refractivity contribution is 0.107. The maximum atomic E-state index is 5.79. The van der Waals surface area contributed by atoms with Crippen LogP contribution in [-0.4, -0.2) is 18.0 Å². The number of aryl methyl sites for hydroxylation is 1. The zero-order valence-corrected chi connectivity index (χ0v) is 19.9. The molecule has 29 heavy (non-hydrogen) atoms. The number of aromatic nitrogens is 1. The van der Waals surface area contributed by atoms with Gasteiger partial charge in [0.1, 0.15) is 5.01 Å². The number of thiazole rings is 1. The summed E-state index contributed by atoms with van der Waals surface area (Å²) in [4.78, 5) is 9.83. The van der Waals surface area contributed by atoms with Crippen LogP contribution < -0.4 is 10.6 Å². The summed E-state index contributed by atoms with van der Waals surface area (Å²) in [5.74, 6) is 0.767. The van der Waals surface area contributed by atoms with Gasteiger partial charge in [0.25, 0.3) is 0 Å². The van der Waals surface area contributed by atoms with Gasteiger partial charge in [-0.2, -0.15) is 0 Å². The Kier molecular flexibility index (Phi) is 10.1. The van der Waals surface area contributed by atoms with Gasteiger partial charge in [-0.25, -0.2) is 4.98 Å². The Hall–Kier alpha value is -1.97. The van der Waals surface area contributed by atoms with Gasteiger partial charge in [0.2, 0.25) is 0 Å². The van der Waals surface area contributed by atoms with Crippen LogP contribution in [0, 0.1) is 6.92 Å². The first kappa shape index (κ1) is 23.3. The van der Waals surface area contributed by atoms with Crippen molar-refractivity contribution in [3.8, 4) is 0 Å². The van der Waals surface area contributed by atoms with Crippen LogP contribution in [0.25, 0.3) is 0 Å². The SMILES string of the molecule is CN=C(NCc1ccc(COCc2ccccc2)cc1)NCc1ncc(C)s1.I. The van der Waals surface area contributed by atoms with Gasteiger partial charge in [-0.1, -0.05) is 54.6 Å². The number of nitrogens with one attached hydrogen (secondary N) is 2. The third-order valence-electron chi connectivity index (χ3n) is 4.16. The Morgan fingerprint density at radius 1 is 0.931 bits per heavy atom. The number of hydrogen-bond acceptors (Lipinski definition) is 4. The van der Waals surface area contributed by atoms with Gasteiger partial charge in [-0.15, -0.1) is 35.3 Å². The number of ether oxygens (including phenoxy) is 1. The van der Waals surface area contributed by atoms with Crippen LogP contribution in [-0.2, 0) is 31.0 Å². The van der Waals surface area contributed by atoms with Crippen molar-refractivity contribution in [1.82, 2.24) is 15.6 Å². The highest BCUT2D eigenvalue weighted by atomic mass is 127. The molecule has 0 amide bonds. The summed E-state index contributed by atoms with van der Waals surface area (Å²) in [6, 6.07) is 18.7. The van der Waals surface area contributed by atoms with Crippen molar-refractivity contribution in [2.45, 2.75) is 33.2 Å². The minimum absolute atomic E-state index is 0. The molecule has 0 unspecified atom stereocenters. The summed E-state index contributed by atoms with van der Waals surface area (Å²) in [5, 5.41) is 7.68. The number of nitrogens with zero attached hydrogens (tertiary/aromatic N) is 2. The molecule has 0 saturated heterocycles. The molecule has 0 aliphatic rings. The van der Waals surface area contributed by atoms with E-state index in [2.05, 4.69) is 63.9 Å². The van der Waals surface area contributed by atoms with Crippen molar-refractivity contribution in [2.75, 3.05) is 7.05 Å². The first-order valence-electron chi connectivity index (χ1n) is 9.28. The summed E-state index contributed by atoms with van der Waals surface area (Å²) < 4.78 is 5.79. The predicted octanol–water partition coefficient (Wildman–Crippen LogP) is 4.65. The van der Waals surface area contributed by atoms with Crippen molar-refractivity contribution in [2.24, 2.45) is 4.99 Å². The van der Waals surface area contributed by atoms with Gasteiger partial charge < -0.3 is 15.4 Å². The normalized spacial score (nSPS) is 11.0. The van der Waals surface area contributed by atoms with Crippen LogP contribution in [0.3, 0.4) is 0 Å². The van der Waals surface area contributed by atoms with Gasteiger partial charge >= 0.3 is 0 Å². The first-order chi connectivity index (χ1) is 13.7. The van der Waals surface area contributed by atoms with E-state index in [4.69, 9.17) is 4.74 Å². The summed E-state index contributed by atoms with van der Waals surface area (Å²) in [7, 11) is 1.77. The standard InChI is InChI=1S/C22H26N4OS.HI/c1-17-12-24-21(28-17)14-26-22(23-2)25-13-18-8-10-20(11-9-18)16-27-15-19-6-4-3-5-7-19;/h3-12H,13-16H2,1-2H3,(H2,23,25,26);1H. The molecule has 3 aromatic rings. The summed E-state index contributed by atoms with van der Waals surface area (Å²) in [6.07, 6.45) is 1.89. The molecule has 0 aliphatic heterocycles. The van der Waals surface area contributed by atoms with Crippen molar-refractivity contribution < 1.29 is 4.74 Å². The van der Waals surface area contributed by atoms with E-state index >= 15 is 0 Å². The van der Waals surface area contributed by atoms with Gasteiger partial charge in [-0.05, 0) is 23.6 Å². The molecule has 0 radical (unpaired) electrons. The second kappa shape index (κ2) is 12.6. The molecule has 0 saturated carbocycles. The van der Waals surface area contributed by atoms with E-state index in [1.165, 1.54) is 21.6 Å².